The lowest BCUT2D eigenvalue weighted by Crippen LogP contribution is -2.13. The van der Waals surface area contributed by atoms with Crippen LogP contribution in [0.3, 0.4) is 0 Å². The van der Waals surface area contributed by atoms with Gasteiger partial charge in [0.25, 0.3) is 0 Å². The summed E-state index contributed by atoms with van der Waals surface area (Å²) in [6.45, 7) is 12.3. The maximum atomic E-state index is 9.89. The molecule has 0 aliphatic carbocycles. The number of aromatic nitrogens is 3. The number of hydrogen-bond donors (Lipinski definition) is 0. The number of nitriles is 1. The Morgan fingerprint density at radius 2 is 1.81 bits per heavy atom. The summed E-state index contributed by atoms with van der Waals surface area (Å²) in [6, 6.07) is 12.6. The molecule has 4 rings (SSSR count). The van der Waals surface area contributed by atoms with Gasteiger partial charge in [0.1, 0.15) is 18.5 Å². The normalized spacial score (nSPS) is 14.1. The average Bonchev–Trinajstić information content (AvgIpc) is 3.09. The molecule has 0 fully saturated rings. The van der Waals surface area contributed by atoms with Gasteiger partial charge in [-0.1, -0.05) is 45.4 Å². The lowest BCUT2D eigenvalue weighted by molar-refractivity contribution is 0.283. The lowest BCUT2D eigenvalue weighted by atomic mass is 9.84. The van der Waals surface area contributed by atoms with E-state index in [-0.39, 0.29) is 5.41 Å². The topological polar surface area (TPSA) is 73.0 Å². The standard InChI is InChI=1S/C30H36N4O2/c1-20-14-24(30(3,4)5)15-21(2)25(20)19-36-26-12-11-22(17-27(26)35-6)16-23(18-31)29-33-32-28-10-8-7-9-13-34(28)29/h11-12,14-17H,7-10,13,19H2,1-6H3. The predicted molar refractivity (Wildman–Crippen MR) is 143 cm³/mol. The largest absolute Gasteiger partial charge is 0.493 e. The molecule has 0 bridgehead atoms. The van der Waals surface area contributed by atoms with Crippen molar-refractivity contribution in [2.75, 3.05) is 7.11 Å². The highest BCUT2D eigenvalue weighted by atomic mass is 16.5. The summed E-state index contributed by atoms with van der Waals surface area (Å²) in [6.07, 6.45) is 6.11. The fraction of sp³-hybridized carbons (Fsp3) is 0.433. The van der Waals surface area contributed by atoms with E-state index in [1.54, 1.807) is 7.11 Å². The number of hydrogen-bond acceptors (Lipinski definition) is 5. The summed E-state index contributed by atoms with van der Waals surface area (Å²) in [5, 5.41) is 18.6. The molecule has 1 aliphatic heterocycles. The molecule has 2 heterocycles. The number of nitrogens with zero attached hydrogens (tertiary/aromatic N) is 4. The predicted octanol–water partition coefficient (Wildman–Crippen LogP) is 6.57. The van der Waals surface area contributed by atoms with Crippen molar-refractivity contribution in [3.05, 3.63) is 69.8 Å². The molecule has 6 nitrogen and oxygen atoms in total. The number of fused-ring (bicyclic) bond motifs is 1. The minimum atomic E-state index is 0.106. The summed E-state index contributed by atoms with van der Waals surface area (Å²) in [7, 11) is 1.63. The molecule has 0 N–H and O–H groups in total. The van der Waals surface area contributed by atoms with Crippen LogP contribution in [-0.2, 0) is 25.0 Å². The van der Waals surface area contributed by atoms with Gasteiger partial charge in [-0.2, -0.15) is 5.26 Å². The molecule has 3 aromatic rings. The smallest absolute Gasteiger partial charge is 0.174 e. The van der Waals surface area contributed by atoms with Gasteiger partial charge in [0, 0.05) is 13.0 Å². The second-order valence-electron chi connectivity index (χ2n) is 10.6. The first-order valence-electron chi connectivity index (χ1n) is 12.7. The summed E-state index contributed by atoms with van der Waals surface area (Å²) >= 11 is 0. The minimum Gasteiger partial charge on any atom is -0.493 e. The van der Waals surface area contributed by atoms with Crippen molar-refractivity contribution < 1.29 is 9.47 Å². The highest BCUT2D eigenvalue weighted by Gasteiger charge is 2.19. The van der Waals surface area contributed by atoms with Gasteiger partial charge in [0.15, 0.2) is 17.3 Å². The van der Waals surface area contributed by atoms with Gasteiger partial charge >= 0.3 is 0 Å². The molecule has 36 heavy (non-hydrogen) atoms. The van der Waals surface area contributed by atoms with Crippen LogP contribution in [0.5, 0.6) is 11.5 Å². The molecule has 0 saturated carbocycles. The van der Waals surface area contributed by atoms with Gasteiger partial charge in [-0.15, -0.1) is 10.2 Å². The second-order valence-corrected chi connectivity index (χ2v) is 10.6. The SMILES string of the molecule is COc1cc(C=C(C#N)c2nnc3n2CCCCC3)ccc1OCc1c(C)cc(C(C)(C)C)cc1C. The van der Waals surface area contributed by atoms with Crippen LogP contribution in [0.25, 0.3) is 11.6 Å². The molecular weight excluding hydrogens is 448 g/mol. The van der Waals surface area contributed by atoms with Crippen LogP contribution in [0.1, 0.15) is 79.5 Å². The van der Waals surface area contributed by atoms with E-state index in [4.69, 9.17) is 9.47 Å². The molecule has 188 valence electrons. The third-order valence-corrected chi connectivity index (χ3v) is 6.90. The number of allylic oxidation sites excluding steroid dienone is 1. The molecule has 2 aromatic carbocycles. The molecule has 0 spiro atoms. The average molecular weight is 485 g/mol. The molecule has 6 heteroatoms. The summed E-state index contributed by atoms with van der Waals surface area (Å²) in [5.74, 6) is 2.90. The van der Waals surface area contributed by atoms with Crippen LogP contribution in [0.4, 0.5) is 0 Å². The Morgan fingerprint density at radius 1 is 1.06 bits per heavy atom. The van der Waals surface area contributed by atoms with E-state index >= 15 is 0 Å². The number of aryl methyl sites for hydroxylation is 3. The maximum Gasteiger partial charge on any atom is 0.174 e. The Labute approximate surface area is 214 Å². The summed E-state index contributed by atoms with van der Waals surface area (Å²) < 4.78 is 13.9. The second kappa shape index (κ2) is 10.6. The van der Waals surface area contributed by atoms with Crippen molar-refractivity contribution in [3.63, 3.8) is 0 Å². The molecule has 0 atom stereocenters. The lowest BCUT2D eigenvalue weighted by Gasteiger charge is -2.22. The first kappa shape index (κ1) is 25.5. The number of ether oxygens (including phenoxy) is 2. The first-order valence-corrected chi connectivity index (χ1v) is 12.7. The van der Waals surface area contributed by atoms with Gasteiger partial charge < -0.3 is 14.0 Å². The maximum absolute atomic E-state index is 9.89. The highest BCUT2D eigenvalue weighted by molar-refractivity contribution is 5.87. The Kier molecular flexibility index (Phi) is 7.49. The van der Waals surface area contributed by atoms with Crippen LogP contribution in [0.15, 0.2) is 30.3 Å². The highest BCUT2D eigenvalue weighted by Crippen LogP contribution is 2.32. The molecule has 1 aliphatic rings. The molecule has 0 amide bonds. The monoisotopic (exact) mass is 484 g/mol. The van der Waals surface area contributed by atoms with E-state index in [9.17, 15) is 5.26 Å². The fourth-order valence-electron chi connectivity index (χ4n) is 4.69. The summed E-state index contributed by atoms with van der Waals surface area (Å²) in [4.78, 5) is 0. The third kappa shape index (κ3) is 5.46. The molecular formula is C30H36N4O2. The van der Waals surface area contributed by atoms with Gasteiger partial charge in [-0.25, -0.2) is 0 Å². The van der Waals surface area contributed by atoms with Crippen LogP contribution in [0, 0.1) is 25.2 Å². The van der Waals surface area contributed by atoms with Crippen LogP contribution in [0.2, 0.25) is 0 Å². The van der Waals surface area contributed by atoms with Gasteiger partial charge in [-0.3, -0.25) is 0 Å². The Balaban J connectivity index is 1.57. The van der Waals surface area contributed by atoms with Crippen molar-refractivity contribution in [2.24, 2.45) is 0 Å². The summed E-state index contributed by atoms with van der Waals surface area (Å²) in [5.41, 5.74) is 6.42. The number of methoxy groups -OCH3 is 1. The van der Waals surface area contributed by atoms with Crippen molar-refractivity contribution in [1.29, 1.82) is 5.26 Å². The van der Waals surface area contributed by atoms with Crippen molar-refractivity contribution in [1.82, 2.24) is 14.8 Å². The van der Waals surface area contributed by atoms with E-state index in [0.29, 0.717) is 29.5 Å². The van der Waals surface area contributed by atoms with Crippen LogP contribution >= 0.6 is 0 Å². The van der Waals surface area contributed by atoms with Gasteiger partial charge in [0.05, 0.1) is 12.7 Å². The Bertz CT molecular complexity index is 1300. The first-order chi connectivity index (χ1) is 17.2. The fourth-order valence-corrected chi connectivity index (χ4v) is 4.69. The Morgan fingerprint density at radius 3 is 2.47 bits per heavy atom. The van der Waals surface area contributed by atoms with E-state index in [1.165, 1.54) is 28.7 Å². The number of rotatable bonds is 6. The van der Waals surface area contributed by atoms with E-state index in [2.05, 4.69) is 67.6 Å². The van der Waals surface area contributed by atoms with Gasteiger partial charge in [-0.05, 0) is 78.1 Å². The molecule has 1 aromatic heterocycles. The van der Waals surface area contributed by atoms with E-state index in [1.807, 2.05) is 24.3 Å². The zero-order valence-electron chi connectivity index (χ0n) is 22.3. The zero-order chi connectivity index (χ0) is 25.9. The van der Waals surface area contributed by atoms with Gasteiger partial charge in [0.2, 0.25) is 0 Å². The molecule has 0 unspecified atom stereocenters. The van der Waals surface area contributed by atoms with Crippen LogP contribution in [-0.4, -0.2) is 21.9 Å². The van der Waals surface area contributed by atoms with E-state index < -0.39 is 0 Å². The van der Waals surface area contributed by atoms with E-state index in [0.717, 1.165) is 37.2 Å². The number of benzene rings is 2. The minimum absolute atomic E-state index is 0.106. The van der Waals surface area contributed by atoms with Crippen molar-refractivity contribution in [2.45, 2.75) is 78.9 Å². The quantitative estimate of drug-likeness (QED) is 0.370. The molecule has 0 saturated heterocycles. The molecule has 0 radical (unpaired) electrons. The van der Waals surface area contributed by atoms with Crippen molar-refractivity contribution >= 4 is 11.6 Å². The third-order valence-electron chi connectivity index (χ3n) is 6.90. The zero-order valence-corrected chi connectivity index (χ0v) is 22.3. The Hall–Kier alpha value is -3.59. The van der Waals surface area contributed by atoms with Crippen LogP contribution < -0.4 is 9.47 Å². The van der Waals surface area contributed by atoms with Crippen molar-refractivity contribution in [3.8, 4) is 17.6 Å².